The summed E-state index contributed by atoms with van der Waals surface area (Å²) in [5.74, 6) is 0.557. The van der Waals surface area contributed by atoms with Gasteiger partial charge in [-0.2, -0.15) is 0 Å². The van der Waals surface area contributed by atoms with E-state index in [9.17, 15) is 9.59 Å². The zero-order valence-electron chi connectivity index (χ0n) is 17.9. The molecule has 2 aliphatic heterocycles. The molecule has 4 rings (SSSR count). The van der Waals surface area contributed by atoms with Crippen LogP contribution in [0.1, 0.15) is 57.4 Å². The van der Waals surface area contributed by atoms with Crippen LogP contribution in [0.4, 0.5) is 0 Å². The molecule has 1 N–H and O–H groups in total. The van der Waals surface area contributed by atoms with Gasteiger partial charge in [0.25, 0.3) is 0 Å². The lowest BCUT2D eigenvalue weighted by Gasteiger charge is -2.32. The van der Waals surface area contributed by atoms with Gasteiger partial charge in [0.05, 0.1) is 18.3 Å². The van der Waals surface area contributed by atoms with Crippen LogP contribution in [-0.4, -0.2) is 37.7 Å². The zero-order chi connectivity index (χ0) is 21.3. The number of benzene rings is 1. The Kier molecular flexibility index (Phi) is 5.69. The Balaban J connectivity index is 1.47. The fraction of sp³-hybridized carbons (Fsp3) is 0.500. The lowest BCUT2D eigenvalue weighted by Crippen LogP contribution is -2.34. The van der Waals surface area contributed by atoms with Crippen LogP contribution >= 0.6 is 0 Å². The van der Waals surface area contributed by atoms with E-state index < -0.39 is 5.60 Å². The molecule has 2 heterocycles. The van der Waals surface area contributed by atoms with Crippen molar-refractivity contribution in [1.82, 2.24) is 5.32 Å². The monoisotopic (exact) mass is 411 g/mol. The minimum Gasteiger partial charge on any atom is -0.496 e. The molecule has 160 valence electrons. The fourth-order valence-electron chi connectivity index (χ4n) is 4.60. The predicted octanol–water partition coefficient (Wildman–Crippen LogP) is 3.78. The van der Waals surface area contributed by atoms with E-state index in [0.29, 0.717) is 37.0 Å². The maximum atomic E-state index is 13.0. The highest BCUT2D eigenvalue weighted by Gasteiger charge is 2.36. The van der Waals surface area contributed by atoms with E-state index in [1.807, 2.05) is 38.1 Å². The van der Waals surface area contributed by atoms with Gasteiger partial charge in [0.15, 0.2) is 5.78 Å². The Morgan fingerprint density at radius 3 is 2.83 bits per heavy atom. The first-order valence-electron chi connectivity index (χ1n) is 10.6. The molecule has 1 aromatic rings. The Morgan fingerprint density at radius 1 is 1.30 bits per heavy atom. The molecule has 6 nitrogen and oxygen atoms in total. The molecule has 6 heteroatoms. The molecule has 1 aromatic carbocycles. The molecule has 0 aromatic heterocycles. The Morgan fingerprint density at radius 2 is 2.10 bits per heavy atom. The molecule has 3 aliphatic rings. The SMILES string of the molecule is COc1ccccc1[C@H]1CC(=O)C2=C(C1)NC(C)=C(C(=O)OC[C@@]1(C)CCCO1)C2. The van der Waals surface area contributed by atoms with Gasteiger partial charge >= 0.3 is 5.97 Å². The highest BCUT2D eigenvalue weighted by molar-refractivity contribution is 6.01. The Labute approximate surface area is 177 Å². The van der Waals surface area contributed by atoms with Crippen LogP contribution in [-0.2, 0) is 19.1 Å². The highest BCUT2D eigenvalue weighted by atomic mass is 16.6. The predicted molar refractivity (Wildman–Crippen MR) is 112 cm³/mol. The zero-order valence-corrected chi connectivity index (χ0v) is 17.9. The number of ketones is 1. The van der Waals surface area contributed by atoms with E-state index in [2.05, 4.69) is 5.32 Å². The van der Waals surface area contributed by atoms with E-state index >= 15 is 0 Å². The van der Waals surface area contributed by atoms with E-state index in [0.717, 1.165) is 35.5 Å². The van der Waals surface area contributed by atoms with Crippen molar-refractivity contribution in [2.24, 2.45) is 0 Å². The topological polar surface area (TPSA) is 73.9 Å². The number of hydrogen-bond donors (Lipinski definition) is 1. The number of hydrogen-bond acceptors (Lipinski definition) is 6. The van der Waals surface area contributed by atoms with Crippen LogP contribution in [0, 0.1) is 0 Å². The number of Topliss-reactive ketones (excluding diaryl/α,β-unsaturated/α-hetero) is 1. The molecule has 0 saturated carbocycles. The summed E-state index contributed by atoms with van der Waals surface area (Å²) < 4.78 is 16.7. The first-order chi connectivity index (χ1) is 14.4. The summed E-state index contributed by atoms with van der Waals surface area (Å²) in [6.45, 7) is 4.77. The molecule has 0 bridgehead atoms. The summed E-state index contributed by atoms with van der Waals surface area (Å²) in [4.78, 5) is 25.7. The quantitative estimate of drug-likeness (QED) is 0.744. The number of carbonyl (C=O) groups excluding carboxylic acids is 2. The van der Waals surface area contributed by atoms with Crippen molar-refractivity contribution < 1.29 is 23.8 Å². The molecule has 1 saturated heterocycles. The highest BCUT2D eigenvalue weighted by Crippen LogP contribution is 2.41. The van der Waals surface area contributed by atoms with Gasteiger partial charge in [-0.3, -0.25) is 4.79 Å². The Hall–Kier alpha value is -2.60. The number of esters is 1. The van der Waals surface area contributed by atoms with Gasteiger partial charge in [0.1, 0.15) is 12.4 Å². The average Bonchev–Trinajstić information content (AvgIpc) is 3.18. The average molecular weight is 411 g/mol. The van der Waals surface area contributed by atoms with Crippen LogP contribution in [0.2, 0.25) is 0 Å². The Bertz CT molecular complexity index is 923. The molecule has 0 radical (unpaired) electrons. The number of carbonyl (C=O) groups is 2. The fourth-order valence-corrected chi connectivity index (χ4v) is 4.60. The van der Waals surface area contributed by atoms with E-state index in [1.165, 1.54) is 0 Å². The van der Waals surface area contributed by atoms with Crippen molar-refractivity contribution in [3.63, 3.8) is 0 Å². The maximum absolute atomic E-state index is 13.0. The summed E-state index contributed by atoms with van der Waals surface area (Å²) >= 11 is 0. The van der Waals surface area contributed by atoms with Crippen LogP contribution < -0.4 is 10.1 Å². The van der Waals surface area contributed by atoms with Crippen molar-refractivity contribution in [1.29, 1.82) is 0 Å². The van der Waals surface area contributed by atoms with Gasteiger partial charge in [-0.05, 0) is 44.7 Å². The molecular weight excluding hydrogens is 382 g/mol. The molecule has 30 heavy (non-hydrogen) atoms. The summed E-state index contributed by atoms with van der Waals surface area (Å²) in [6.07, 6.45) is 3.31. The van der Waals surface area contributed by atoms with Crippen LogP contribution in [0.25, 0.3) is 0 Å². The summed E-state index contributed by atoms with van der Waals surface area (Å²) in [5, 5.41) is 3.32. The van der Waals surface area contributed by atoms with Gasteiger partial charge < -0.3 is 19.5 Å². The van der Waals surface area contributed by atoms with E-state index in [4.69, 9.17) is 14.2 Å². The third-order valence-electron chi connectivity index (χ3n) is 6.36. The second kappa shape index (κ2) is 8.26. The summed E-state index contributed by atoms with van der Waals surface area (Å²) in [5.41, 5.74) is 3.52. The second-order valence-electron chi connectivity index (χ2n) is 8.61. The van der Waals surface area contributed by atoms with Gasteiger partial charge in [-0.1, -0.05) is 18.2 Å². The van der Waals surface area contributed by atoms with Gasteiger partial charge in [0, 0.05) is 42.3 Å². The number of ether oxygens (including phenoxy) is 3. The van der Waals surface area contributed by atoms with Gasteiger partial charge in [0.2, 0.25) is 0 Å². The smallest absolute Gasteiger partial charge is 0.336 e. The van der Waals surface area contributed by atoms with Crippen LogP contribution in [0.3, 0.4) is 0 Å². The molecule has 2 atom stereocenters. The van der Waals surface area contributed by atoms with Crippen molar-refractivity contribution in [2.45, 2.75) is 57.5 Å². The number of rotatable bonds is 5. The van der Waals surface area contributed by atoms with Crippen molar-refractivity contribution in [3.05, 3.63) is 52.4 Å². The third kappa shape index (κ3) is 4.01. The minimum atomic E-state index is -0.404. The standard InChI is InChI=1S/C24H29NO5/c1-15-18(23(27)29-14-24(2)9-6-10-30-24)13-19-20(25-15)11-16(12-21(19)26)17-7-4-5-8-22(17)28-3/h4-5,7-8,16,25H,6,9-14H2,1-3H3/t16-,24-/m1/s1. The lowest BCUT2D eigenvalue weighted by atomic mass is 9.78. The van der Waals surface area contributed by atoms with Crippen LogP contribution in [0.15, 0.2) is 46.8 Å². The molecular formula is C24H29NO5. The minimum absolute atomic E-state index is 0.0562. The summed E-state index contributed by atoms with van der Waals surface area (Å²) in [7, 11) is 1.65. The van der Waals surface area contributed by atoms with Crippen LogP contribution in [0.5, 0.6) is 5.75 Å². The number of methoxy groups -OCH3 is 1. The van der Waals surface area contributed by atoms with Crippen molar-refractivity contribution in [3.8, 4) is 5.75 Å². The molecule has 0 spiro atoms. The molecule has 1 aliphatic carbocycles. The third-order valence-corrected chi connectivity index (χ3v) is 6.36. The van der Waals surface area contributed by atoms with Gasteiger partial charge in [-0.25, -0.2) is 4.79 Å². The molecule has 0 amide bonds. The first-order valence-corrected chi connectivity index (χ1v) is 10.6. The lowest BCUT2D eigenvalue weighted by molar-refractivity contribution is -0.147. The largest absolute Gasteiger partial charge is 0.496 e. The number of dihydropyridines is 1. The van der Waals surface area contributed by atoms with E-state index in [-0.39, 0.29) is 24.3 Å². The number of nitrogens with one attached hydrogen (secondary N) is 1. The summed E-state index contributed by atoms with van der Waals surface area (Å²) in [6, 6.07) is 7.83. The number of para-hydroxylation sites is 1. The second-order valence-corrected chi connectivity index (χ2v) is 8.61. The van der Waals surface area contributed by atoms with Gasteiger partial charge in [-0.15, -0.1) is 0 Å². The van der Waals surface area contributed by atoms with E-state index in [1.54, 1.807) is 7.11 Å². The normalized spacial score (nSPS) is 26.4. The molecule has 0 unspecified atom stereocenters. The van der Waals surface area contributed by atoms with Crippen molar-refractivity contribution in [2.75, 3.05) is 20.3 Å². The number of allylic oxidation sites excluding steroid dienone is 3. The molecule has 1 fully saturated rings. The first kappa shape index (κ1) is 20.7. The van der Waals surface area contributed by atoms with Crippen molar-refractivity contribution >= 4 is 11.8 Å². The maximum Gasteiger partial charge on any atom is 0.336 e.